The molecule has 0 saturated carbocycles. The fourth-order valence-corrected chi connectivity index (χ4v) is 3.40. The second kappa shape index (κ2) is 11.7. The molecule has 0 aromatic heterocycles. The summed E-state index contributed by atoms with van der Waals surface area (Å²) in [5.41, 5.74) is 0.516. The summed E-state index contributed by atoms with van der Waals surface area (Å²) >= 11 is 0. The molecule has 0 aliphatic carbocycles. The third-order valence-electron chi connectivity index (χ3n) is 5.05. The average molecular weight is 440 g/mol. The number of likely N-dealkylation sites (tertiary alicyclic amines) is 1. The highest BCUT2D eigenvalue weighted by Gasteiger charge is 2.24. The minimum atomic E-state index is -0.776. The van der Waals surface area contributed by atoms with E-state index in [9.17, 15) is 14.4 Å². The largest absolute Gasteiger partial charge is 0.513 e. The summed E-state index contributed by atoms with van der Waals surface area (Å²) in [6.07, 6.45) is 0.901. The van der Waals surface area contributed by atoms with Crippen LogP contribution in [0.5, 0.6) is 11.5 Å². The molecule has 1 N–H and O–H groups in total. The summed E-state index contributed by atoms with van der Waals surface area (Å²) < 4.78 is 15.3. The van der Waals surface area contributed by atoms with Gasteiger partial charge in [0.2, 0.25) is 5.91 Å². The van der Waals surface area contributed by atoms with Crippen LogP contribution >= 0.6 is 0 Å². The SMILES string of the molecule is CCOC(=O)Oc1ccc(C(=O)N2CCC(NC(=O)CCOc3ccccc3)CC2)cc1. The summed E-state index contributed by atoms with van der Waals surface area (Å²) in [5.74, 6) is 0.918. The van der Waals surface area contributed by atoms with E-state index in [0.717, 1.165) is 5.75 Å². The van der Waals surface area contributed by atoms with Crippen LogP contribution in [0.1, 0.15) is 36.5 Å². The first-order chi connectivity index (χ1) is 15.5. The van der Waals surface area contributed by atoms with Gasteiger partial charge in [-0.2, -0.15) is 0 Å². The van der Waals surface area contributed by atoms with Crippen molar-refractivity contribution in [3.63, 3.8) is 0 Å². The number of carbonyl (C=O) groups is 3. The van der Waals surface area contributed by atoms with E-state index in [4.69, 9.17) is 14.2 Å². The number of hydrogen-bond acceptors (Lipinski definition) is 6. The minimum Gasteiger partial charge on any atom is -0.493 e. The summed E-state index contributed by atoms with van der Waals surface area (Å²) in [6.45, 7) is 3.37. The van der Waals surface area contributed by atoms with Crippen LogP contribution in [-0.4, -0.2) is 55.2 Å². The Morgan fingerprint density at radius 2 is 1.66 bits per heavy atom. The van der Waals surface area contributed by atoms with Gasteiger partial charge in [0.15, 0.2) is 0 Å². The standard InChI is InChI=1S/C24H28N2O6/c1-2-30-24(29)32-21-10-8-18(9-11-21)23(28)26-15-12-19(13-16-26)25-22(27)14-17-31-20-6-4-3-5-7-20/h3-11,19H,2,12-17H2,1H3,(H,25,27). The van der Waals surface area contributed by atoms with Crippen molar-refractivity contribution in [3.8, 4) is 11.5 Å². The molecule has 0 atom stereocenters. The summed E-state index contributed by atoms with van der Waals surface area (Å²) in [5, 5.41) is 3.02. The van der Waals surface area contributed by atoms with Gasteiger partial charge in [0.25, 0.3) is 5.91 Å². The third-order valence-corrected chi connectivity index (χ3v) is 5.05. The highest BCUT2D eigenvalue weighted by atomic mass is 16.7. The molecular formula is C24H28N2O6. The Morgan fingerprint density at radius 1 is 0.969 bits per heavy atom. The highest BCUT2D eigenvalue weighted by Crippen LogP contribution is 2.18. The molecule has 32 heavy (non-hydrogen) atoms. The molecule has 2 aromatic rings. The lowest BCUT2D eigenvalue weighted by atomic mass is 10.0. The van der Waals surface area contributed by atoms with Crippen LogP contribution < -0.4 is 14.8 Å². The Balaban J connectivity index is 1.38. The fourth-order valence-electron chi connectivity index (χ4n) is 3.40. The average Bonchev–Trinajstić information content (AvgIpc) is 2.80. The van der Waals surface area contributed by atoms with Crippen LogP contribution in [0.25, 0.3) is 0 Å². The monoisotopic (exact) mass is 440 g/mol. The van der Waals surface area contributed by atoms with E-state index in [-0.39, 0.29) is 30.9 Å². The number of hydrogen-bond donors (Lipinski definition) is 1. The van der Waals surface area contributed by atoms with Crippen molar-refractivity contribution in [1.29, 1.82) is 0 Å². The van der Waals surface area contributed by atoms with Gasteiger partial charge in [0.05, 0.1) is 19.6 Å². The molecule has 8 nitrogen and oxygen atoms in total. The summed E-state index contributed by atoms with van der Waals surface area (Å²) in [7, 11) is 0. The Labute approximate surface area is 187 Å². The van der Waals surface area contributed by atoms with Gasteiger partial charge in [0, 0.05) is 24.7 Å². The van der Waals surface area contributed by atoms with Crippen LogP contribution in [0.15, 0.2) is 54.6 Å². The van der Waals surface area contributed by atoms with Crippen molar-refractivity contribution in [3.05, 3.63) is 60.2 Å². The second-order valence-electron chi connectivity index (χ2n) is 7.35. The highest BCUT2D eigenvalue weighted by molar-refractivity contribution is 5.94. The summed E-state index contributed by atoms with van der Waals surface area (Å²) in [6, 6.07) is 15.8. The van der Waals surface area contributed by atoms with Crippen LogP contribution in [0.2, 0.25) is 0 Å². The van der Waals surface area contributed by atoms with Crippen molar-refractivity contribution < 1.29 is 28.6 Å². The van der Waals surface area contributed by atoms with Crippen LogP contribution in [0, 0.1) is 0 Å². The van der Waals surface area contributed by atoms with Gasteiger partial charge in [-0.3, -0.25) is 9.59 Å². The normalized spacial score (nSPS) is 13.8. The first-order valence-electron chi connectivity index (χ1n) is 10.8. The maximum atomic E-state index is 12.7. The van der Waals surface area contributed by atoms with E-state index in [2.05, 4.69) is 5.32 Å². The third kappa shape index (κ3) is 7.01. The van der Waals surface area contributed by atoms with Crippen molar-refractivity contribution in [2.75, 3.05) is 26.3 Å². The lowest BCUT2D eigenvalue weighted by Gasteiger charge is -2.32. The molecular weight excluding hydrogens is 412 g/mol. The van der Waals surface area contributed by atoms with Gasteiger partial charge in [-0.05, 0) is 56.2 Å². The topological polar surface area (TPSA) is 94.2 Å². The van der Waals surface area contributed by atoms with E-state index < -0.39 is 6.16 Å². The molecule has 1 saturated heterocycles. The van der Waals surface area contributed by atoms with Gasteiger partial charge in [-0.25, -0.2) is 4.79 Å². The van der Waals surface area contributed by atoms with Gasteiger partial charge < -0.3 is 24.4 Å². The molecule has 0 unspecified atom stereocenters. The molecule has 1 fully saturated rings. The van der Waals surface area contributed by atoms with Crippen LogP contribution in [0.3, 0.4) is 0 Å². The van der Waals surface area contributed by atoms with Gasteiger partial charge >= 0.3 is 6.16 Å². The Hall–Kier alpha value is -3.55. The Bertz CT molecular complexity index is 892. The molecule has 3 rings (SSSR count). The lowest BCUT2D eigenvalue weighted by Crippen LogP contribution is -2.46. The number of carbonyl (C=O) groups excluding carboxylic acids is 3. The Kier molecular flexibility index (Phi) is 8.48. The first kappa shape index (κ1) is 23.1. The number of nitrogens with zero attached hydrogens (tertiary/aromatic N) is 1. The maximum absolute atomic E-state index is 12.7. The van der Waals surface area contributed by atoms with Crippen LogP contribution in [0.4, 0.5) is 4.79 Å². The number of para-hydroxylation sites is 1. The number of nitrogens with one attached hydrogen (secondary N) is 1. The van der Waals surface area contributed by atoms with E-state index in [1.165, 1.54) is 0 Å². The molecule has 0 spiro atoms. The first-order valence-corrected chi connectivity index (χ1v) is 10.8. The quantitative estimate of drug-likeness (QED) is 0.499. The number of amides is 2. The molecule has 170 valence electrons. The molecule has 0 bridgehead atoms. The molecule has 2 aromatic carbocycles. The van der Waals surface area contributed by atoms with Crippen molar-refractivity contribution >= 4 is 18.0 Å². The van der Waals surface area contributed by atoms with E-state index >= 15 is 0 Å². The number of ether oxygens (including phenoxy) is 3. The zero-order chi connectivity index (χ0) is 22.8. The molecule has 0 radical (unpaired) electrons. The minimum absolute atomic E-state index is 0.0450. The number of benzene rings is 2. The fraction of sp³-hybridized carbons (Fsp3) is 0.375. The van der Waals surface area contributed by atoms with Gasteiger partial charge in [-0.15, -0.1) is 0 Å². The van der Waals surface area contributed by atoms with Crippen molar-refractivity contribution in [2.24, 2.45) is 0 Å². The van der Waals surface area contributed by atoms with E-state index in [1.54, 1.807) is 36.1 Å². The number of rotatable bonds is 8. The van der Waals surface area contributed by atoms with Crippen molar-refractivity contribution in [2.45, 2.75) is 32.2 Å². The zero-order valence-corrected chi connectivity index (χ0v) is 18.1. The van der Waals surface area contributed by atoms with Crippen LogP contribution in [-0.2, 0) is 9.53 Å². The Morgan fingerprint density at radius 3 is 2.31 bits per heavy atom. The molecule has 2 amide bonds. The zero-order valence-electron chi connectivity index (χ0n) is 18.1. The maximum Gasteiger partial charge on any atom is 0.513 e. The summed E-state index contributed by atoms with van der Waals surface area (Å²) in [4.78, 5) is 38.0. The number of piperidine rings is 1. The molecule has 1 heterocycles. The van der Waals surface area contributed by atoms with Gasteiger partial charge in [0.1, 0.15) is 11.5 Å². The predicted octanol–water partition coefficient (Wildman–Crippen LogP) is 3.41. The molecule has 1 aliphatic heterocycles. The predicted molar refractivity (Wildman–Crippen MR) is 118 cm³/mol. The molecule has 8 heteroatoms. The van der Waals surface area contributed by atoms with Crippen molar-refractivity contribution in [1.82, 2.24) is 10.2 Å². The van der Waals surface area contributed by atoms with E-state index in [1.807, 2.05) is 30.3 Å². The second-order valence-corrected chi connectivity index (χ2v) is 7.35. The molecule has 1 aliphatic rings. The van der Waals surface area contributed by atoms with E-state index in [0.29, 0.717) is 43.9 Å². The lowest BCUT2D eigenvalue weighted by molar-refractivity contribution is -0.122. The van der Waals surface area contributed by atoms with Gasteiger partial charge in [-0.1, -0.05) is 18.2 Å². The smallest absolute Gasteiger partial charge is 0.493 e.